The van der Waals surface area contributed by atoms with E-state index in [0.29, 0.717) is 5.69 Å². The van der Waals surface area contributed by atoms with Crippen LogP contribution in [-0.4, -0.2) is 4.57 Å². The van der Waals surface area contributed by atoms with Crippen LogP contribution in [0.15, 0.2) is 54.7 Å². The van der Waals surface area contributed by atoms with E-state index < -0.39 is 0 Å². The van der Waals surface area contributed by atoms with Crippen molar-refractivity contribution in [1.29, 1.82) is 0 Å². The Hall–Kier alpha value is -2.29. The molecule has 3 rings (SSSR count). The van der Waals surface area contributed by atoms with Gasteiger partial charge in [-0.1, -0.05) is 12.1 Å². The van der Waals surface area contributed by atoms with Crippen molar-refractivity contribution in [3.8, 4) is 0 Å². The first-order chi connectivity index (χ1) is 8.74. The molecule has 1 heterocycles. The van der Waals surface area contributed by atoms with Crippen LogP contribution < -0.4 is 5.32 Å². The van der Waals surface area contributed by atoms with Gasteiger partial charge in [-0.15, -0.1) is 0 Å². The van der Waals surface area contributed by atoms with Gasteiger partial charge >= 0.3 is 0 Å². The molecule has 18 heavy (non-hydrogen) atoms. The highest BCUT2D eigenvalue weighted by Crippen LogP contribution is 2.24. The first kappa shape index (κ1) is 10.8. The van der Waals surface area contributed by atoms with Crippen LogP contribution in [0, 0.1) is 5.82 Å². The van der Waals surface area contributed by atoms with Gasteiger partial charge in [-0.05, 0) is 36.4 Å². The van der Waals surface area contributed by atoms with Gasteiger partial charge in [0.15, 0.2) is 0 Å². The van der Waals surface area contributed by atoms with E-state index in [2.05, 4.69) is 9.88 Å². The van der Waals surface area contributed by atoms with E-state index in [1.54, 1.807) is 12.1 Å². The lowest BCUT2D eigenvalue weighted by molar-refractivity contribution is 0.632. The zero-order valence-electron chi connectivity index (χ0n) is 10.0. The summed E-state index contributed by atoms with van der Waals surface area (Å²) in [4.78, 5) is 0. The molecule has 0 aliphatic heterocycles. The second-order valence-corrected chi connectivity index (χ2v) is 4.31. The molecule has 2 aromatic carbocycles. The Kier molecular flexibility index (Phi) is 2.52. The molecule has 2 nitrogen and oxygen atoms in total. The summed E-state index contributed by atoms with van der Waals surface area (Å²) in [6, 6.07) is 14.7. The standard InChI is InChI=1S/C15H13FN2/c1-18-9-8-11-10-12(6-7-15(11)18)17-14-5-3-2-4-13(14)16/h2-10,17H,1H3. The smallest absolute Gasteiger partial charge is 0.146 e. The number of aromatic nitrogens is 1. The molecule has 3 aromatic rings. The van der Waals surface area contributed by atoms with E-state index in [-0.39, 0.29) is 5.82 Å². The number of para-hydroxylation sites is 1. The van der Waals surface area contributed by atoms with Gasteiger partial charge in [-0.25, -0.2) is 4.39 Å². The molecule has 0 radical (unpaired) electrons. The van der Waals surface area contributed by atoms with Crippen LogP contribution >= 0.6 is 0 Å². The molecule has 0 aliphatic rings. The lowest BCUT2D eigenvalue weighted by Gasteiger charge is -2.07. The van der Waals surface area contributed by atoms with E-state index in [9.17, 15) is 4.39 Å². The predicted molar refractivity (Wildman–Crippen MR) is 72.6 cm³/mol. The van der Waals surface area contributed by atoms with E-state index in [1.807, 2.05) is 43.6 Å². The zero-order chi connectivity index (χ0) is 12.5. The maximum atomic E-state index is 13.5. The minimum atomic E-state index is -0.245. The van der Waals surface area contributed by atoms with Gasteiger partial charge in [0, 0.05) is 29.8 Å². The maximum absolute atomic E-state index is 13.5. The van der Waals surface area contributed by atoms with Crippen LogP contribution in [0.3, 0.4) is 0 Å². The quantitative estimate of drug-likeness (QED) is 0.714. The lowest BCUT2D eigenvalue weighted by Crippen LogP contribution is -1.93. The molecule has 3 heteroatoms. The van der Waals surface area contributed by atoms with Crippen LogP contribution in [0.5, 0.6) is 0 Å². The highest BCUT2D eigenvalue weighted by molar-refractivity contribution is 5.84. The second kappa shape index (κ2) is 4.18. The van der Waals surface area contributed by atoms with Gasteiger partial charge in [-0.2, -0.15) is 0 Å². The molecular formula is C15H13FN2. The lowest BCUT2D eigenvalue weighted by atomic mass is 10.2. The van der Waals surface area contributed by atoms with Crippen LogP contribution in [0.4, 0.5) is 15.8 Å². The number of nitrogens with one attached hydrogen (secondary N) is 1. The maximum Gasteiger partial charge on any atom is 0.146 e. The van der Waals surface area contributed by atoms with Crippen molar-refractivity contribution in [3.63, 3.8) is 0 Å². The topological polar surface area (TPSA) is 17.0 Å². The third-order valence-corrected chi connectivity index (χ3v) is 3.04. The van der Waals surface area contributed by atoms with E-state index in [1.165, 1.54) is 6.07 Å². The summed E-state index contributed by atoms with van der Waals surface area (Å²) in [6.07, 6.45) is 2.01. The number of halogens is 1. The molecule has 0 atom stereocenters. The van der Waals surface area contributed by atoms with Crippen molar-refractivity contribution in [3.05, 3.63) is 60.5 Å². The number of hydrogen-bond acceptors (Lipinski definition) is 1. The van der Waals surface area contributed by atoms with E-state index in [4.69, 9.17) is 0 Å². The number of benzene rings is 2. The first-order valence-corrected chi connectivity index (χ1v) is 5.81. The van der Waals surface area contributed by atoms with Crippen molar-refractivity contribution >= 4 is 22.3 Å². The number of fused-ring (bicyclic) bond motifs is 1. The van der Waals surface area contributed by atoms with E-state index in [0.717, 1.165) is 16.6 Å². The third kappa shape index (κ3) is 1.84. The first-order valence-electron chi connectivity index (χ1n) is 5.81. The van der Waals surface area contributed by atoms with Crippen LogP contribution in [-0.2, 0) is 7.05 Å². The molecule has 0 spiro atoms. The van der Waals surface area contributed by atoms with Crippen molar-refractivity contribution < 1.29 is 4.39 Å². The van der Waals surface area contributed by atoms with Crippen molar-refractivity contribution in [2.75, 3.05) is 5.32 Å². The fraction of sp³-hybridized carbons (Fsp3) is 0.0667. The van der Waals surface area contributed by atoms with Crippen molar-refractivity contribution in [2.24, 2.45) is 7.05 Å². The molecule has 0 saturated heterocycles. The summed E-state index contributed by atoms with van der Waals surface area (Å²) in [5.74, 6) is -0.245. The van der Waals surface area contributed by atoms with Crippen LogP contribution in [0.1, 0.15) is 0 Å². The summed E-state index contributed by atoms with van der Waals surface area (Å²) < 4.78 is 15.6. The minimum Gasteiger partial charge on any atom is -0.353 e. The summed E-state index contributed by atoms with van der Waals surface area (Å²) >= 11 is 0. The number of aryl methyl sites for hydroxylation is 1. The minimum absolute atomic E-state index is 0.245. The second-order valence-electron chi connectivity index (χ2n) is 4.31. The van der Waals surface area contributed by atoms with Crippen molar-refractivity contribution in [1.82, 2.24) is 4.57 Å². The van der Waals surface area contributed by atoms with Gasteiger partial charge < -0.3 is 9.88 Å². The average Bonchev–Trinajstić information content (AvgIpc) is 2.74. The highest BCUT2D eigenvalue weighted by Gasteiger charge is 2.03. The molecule has 0 unspecified atom stereocenters. The number of rotatable bonds is 2. The molecule has 0 saturated carbocycles. The number of hydrogen-bond donors (Lipinski definition) is 1. The number of anilines is 2. The molecule has 0 bridgehead atoms. The Morgan fingerprint density at radius 1 is 1.06 bits per heavy atom. The summed E-state index contributed by atoms with van der Waals surface area (Å²) in [5, 5.41) is 4.23. The summed E-state index contributed by atoms with van der Waals surface area (Å²) in [5.41, 5.74) is 2.54. The summed E-state index contributed by atoms with van der Waals surface area (Å²) in [7, 11) is 2.01. The molecule has 90 valence electrons. The van der Waals surface area contributed by atoms with Crippen LogP contribution in [0.2, 0.25) is 0 Å². The molecule has 0 amide bonds. The van der Waals surface area contributed by atoms with E-state index >= 15 is 0 Å². The normalized spacial score (nSPS) is 10.8. The average molecular weight is 240 g/mol. The van der Waals surface area contributed by atoms with Crippen molar-refractivity contribution in [2.45, 2.75) is 0 Å². The predicted octanol–water partition coefficient (Wildman–Crippen LogP) is 4.06. The third-order valence-electron chi connectivity index (χ3n) is 3.04. The van der Waals surface area contributed by atoms with Gasteiger partial charge in [-0.3, -0.25) is 0 Å². The largest absolute Gasteiger partial charge is 0.353 e. The van der Waals surface area contributed by atoms with Crippen LogP contribution in [0.25, 0.3) is 10.9 Å². The van der Waals surface area contributed by atoms with Gasteiger partial charge in [0.25, 0.3) is 0 Å². The van der Waals surface area contributed by atoms with Gasteiger partial charge in [0.2, 0.25) is 0 Å². The molecule has 1 N–H and O–H groups in total. The Morgan fingerprint density at radius 2 is 1.89 bits per heavy atom. The SMILES string of the molecule is Cn1ccc2cc(Nc3ccccc3F)ccc21. The fourth-order valence-corrected chi connectivity index (χ4v) is 2.08. The Morgan fingerprint density at radius 3 is 2.72 bits per heavy atom. The molecule has 0 fully saturated rings. The Labute approximate surface area is 105 Å². The molecule has 1 aromatic heterocycles. The molecule has 0 aliphatic carbocycles. The fourth-order valence-electron chi connectivity index (χ4n) is 2.08. The molecular weight excluding hydrogens is 227 g/mol. The number of nitrogens with zero attached hydrogens (tertiary/aromatic N) is 1. The Bertz CT molecular complexity index is 701. The Balaban J connectivity index is 1.98. The summed E-state index contributed by atoms with van der Waals surface area (Å²) in [6.45, 7) is 0. The van der Waals surface area contributed by atoms with Gasteiger partial charge in [0.1, 0.15) is 5.82 Å². The van der Waals surface area contributed by atoms with Gasteiger partial charge in [0.05, 0.1) is 5.69 Å². The highest BCUT2D eigenvalue weighted by atomic mass is 19.1. The zero-order valence-corrected chi connectivity index (χ0v) is 10.0. The monoisotopic (exact) mass is 240 g/mol.